The molecule has 2 aromatic heterocycles. The third kappa shape index (κ3) is 15.7. The van der Waals surface area contributed by atoms with Gasteiger partial charge >= 0.3 is 5.97 Å². The minimum absolute atomic E-state index is 0.00930. The maximum atomic E-state index is 16.6. The van der Waals surface area contributed by atoms with Crippen molar-refractivity contribution in [1.29, 1.82) is 0 Å². The van der Waals surface area contributed by atoms with Gasteiger partial charge in [0.25, 0.3) is 11.8 Å². The number of nitrogens with zero attached hydrogens (tertiary/aromatic N) is 7. The first kappa shape index (κ1) is 87.1. The lowest BCUT2D eigenvalue weighted by Gasteiger charge is -2.61. The van der Waals surface area contributed by atoms with Crippen LogP contribution in [0.25, 0.3) is 16.2 Å². The Morgan fingerprint density at radius 1 is 0.585 bits per heavy atom. The molecule has 0 aliphatic heterocycles. The first-order chi connectivity index (χ1) is 55.8. The summed E-state index contributed by atoms with van der Waals surface area (Å²) in [4.78, 5) is 84.9. The van der Waals surface area contributed by atoms with Crippen LogP contribution in [0.1, 0.15) is 176 Å². The largest absolute Gasteiger partial charge is 0.507 e. The summed E-state index contributed by atoms with van der Waals surface area (Å²) >= 11 is 0. The first-order valence-electron chi connectivity index (χ1n) is 40.5. The van der Waals surface area contributed by atoms with Crippen molar-refractivity contribution in [2.45, 2.75) is 192 Å². The molecule has 24 heteroatoms. The van der Waals surface area contributed by atoms with Crippen LogP contribution in [-0.2, 0) is 38.1 Å². The zero-order valence-corrected chi connectivity index (χ0v) is 74.8. The van der Waals surface area contributed by atoms with Crippen molar-refractivity contribution in [3.8, 4) is 17.5 Å². The van der Waals surface area contributed by atoms with Crippen molar-refractivity contribution in [3.63, 3.8) is 0 Å². The Hall–Kier alpha value is -10.2. The third-order valence-electron chi connectivity index (χ3n) is 25.4. The first-order valence-corrected chi connectivity index (χ1v) is 48.3. The van der Waals surface area contributed by atoms with Gasteiger partial charge in [-0.15, -0.1) is 0 Å². The number of hydrogen-bond donors (Lipinski definition) is 2. The van der Waals surface area contributed by atoms with Crippen LogP contribution in [0, 0.1) is 31.6 Å². The van der Waals surface area contributed by atoms with E-state index in [1.54, 1.807) is 12.1 Å². The summed E-state index contributed by atoms with van der Waals surface area (Å²) in [6.07, 6.45) is 3.66. The summed E-state index contributed by atoms with van der Waals surface area (Å²) in [5, 5.41) is 26.7. The second-order valence-corrected chi connectivity index (χ2v) is 50.0. The van der Waals surface area contributed by atoms with E-state index >= 15 is 9.59 Å². The zero-order chi connectivity index (χ0) is 85.6. The minimum Gasteiger partial charge on any atom is -0.507 e. The lowest BCUT2D eigenvalue weighted by Crippen LogP contribution is -2.81. The number of carbonyl (C=O) groups excluding carboxylic acids is 5. The number of nitrogens with one attached hydrogen (secondary N) is 1. The lowest BCUT2D eigenvalue weighted by atomic mass is 9.53. The predicted molar refractivity (Wildman–Crippen MR) is 466 cm³/mol. The van der Waals surface area contributed by atoms with Crippen molar-refractivity contribution < 1.29 is 61.2 Å². The monoisotopic (exact) mass is 1640 g/mol. The number of esters is 1. The molecule has 2 N–H and O–H groups in total. The number of aryl methyl sites for hydroxylation is 3. The fourth-order valence-corrected chi connectivity index (χ4v) is 25.5. The molecule has 0 saturated heterocycles. The average molecular weight is 1650 g/mol. The summed E-state index contributed by atoms with van der Waals surface area (Å²) < 4.78 is 44.3. The molecule has 14 rings (SSSR count). The number of para-hydroxylation sites is 1. The van der Waals surface area contributed by atoms with Gasteiger partial charge in [0.1, 0.15) is 35.8 Å². The Morgan fingerprint density at radius 3 is 1.50 bits per heavy atom. The van der Waals surface area contributed by atoms with E-state index in [9.17, 15) is 25.0 Å². The highest BCUT2D eigenvalue weighted by atomic mass is 28.4. The van der Waals surface area contributed by atoms with E-state index in [4.69, 9.17) is 32.1 Å². The van der Waals surface area contributed by atoms with Gasteiger partial charge < -0.3 is 42.2 Å². The van der Waals surface area contributed by atoms with Gasteiger partial charge in [0.05, 0.1) is 23.7 Å². The minimum atomic E-state index is -3.23. The summed E-state index contributed by atoms with van der Waals surface area (Å²) in [5.74, 6) is -3.83. The molecule has 0 amide bonds. The fourth-order valence-electron chi connectivity index (χ4n) is 17.5. The van der Waals surface area contributed by atoms with Crippen molar-refractivity contribution >= 4 is 70.1 Å². The van der Waals surface area contributed by atoms with E-state index in [1.165, 1.54) is 12.2 Å². The van der Waals surface area contributed by atoms with E-state index in [-0.39, 0.29) is 75.2 Å². The number of fused-ring (bicyclic) bond motifs is 6. The number of aliphatic hydroxyl groups is 1. The maximum Gasteiger partial charge on any atom is 0.344 e. The smallest absolute Gasteiger partial charge is 0.344 e. The molecule has 0 unspecified atom stereocenters. The molecule has 1 saturated carbocycles. The van der Waals surface area contributed by atoms with Gasteiger partial charge in [-0.1, -0.05) is 263 Å². The van der Waals surface area contributed by atoms with Crippen LogP contribution in [0.2, 0.25) is 41.3 Å². The second kappa shape index (κ2) is 33.9. The Labute approximate surface area is 696 Å². The van der Waals surface area contributed by atoms with E-state index in [2.05, 4.69) is 141 Å². The fraction of sp³-hybridized carbons (Fsp3) is 0.394. The van der Waals surface area contributed by atoms with Crippen LogP contribution >= 0.6 is 0 Å². The molecule has 0 radical (unpaired) electrons. The molecule has 1 fully saturated rings. The summed E-state index contributed by atoms with van der Waals surface area (Å²) in [5.41, 5.74) is 12.6. The molecular formula is C94H112N8O13Si3. The van der Waals surface area contributed by atoms with Crippen LogP contribution in [0.3, 0.4) is 0 Å². The SMILES string of the molecule is CCc1cccc(C)c1C(=O)Oc1ccccc1.CN(C)[C@@H]1c2onc(OCc3ccccc3)c2C(=O)[C@@]2(O[Si](C)(C)C(C)(C)C)C(=O)C=C[C@H](N=[N+]=[N-])[C@@H]12.Cc1cccc2c1C(O)=C1C(=O)[C@]3(O[Si](C)(C)C(C)(C)C)C(=O)c4c(OCc5ccccc5)noc4[C@@H](N(C)C)[C@@H]3[C@@H](N[Si](c3ccccc3)(c3ccccc3)C(C)(C)C)[C@@H]1[C@H]2C. The van der Waals surface area contributed by atoms with Crippen LogP contribution in [0.4, 0.5) is 0 Å². The molecular weight excluding hydrogens is 1530 g/mol. The van der Waals surface area contributed by atoms with E-state index in [1.807, 2.05) is 214 Å². The van der Waals surface area contributed by atoms with Crippen LogP contribution in [0.15, 0.2) is 220 Å². The Kier molecular flexibility index (Phi) is 25.0. The van der Waals surface area contributed by atoms with E-state index < -0.39 is 106 Å². The van der Waals surface area contributed by atoms with E-state index in [0.717, 1.165) is 50.2 Å². The topological polar surface area (TPSA) is 271 Å². The van der Waals surface area contributed by atoms with Gasteiger partial charge in [-0.25, -0.2) is 4.79 Å². The Balaban J connectivity index is 0.000000194. The second-order valence-electron chi connectivity index (χ2n) is 36.2. The molecule has 0 spiro atoms. The number of aromatic nitrogens is 2. The number of ketones is 4. The van der Waals surface area contributed by atoms with Gasteiger partial charge in [0.2, 0.25) is 17.3 Å². The highest BCUT2D eigenvalue weighted by Crippen LogP contribution is 2.62. The number of ether oxygens (including phenoxy) is 3. The molecule has 5 aliphatic carbocycles. The van der Waals surface area contributed by atoms with Crippen LogP contribution in [-0.4, -0.2) is 131 Å². The van der Waals surface area contributed by atoms with Gasteiger partial charge in [0, 0.05) is 39.8 Å². The number of Topliss-reactive ketones (excluding diaryl/α,β-unsaturated/α-hetero) is 3. The number of benzene rings is 7. The van der Waals surface area contributed by atoms with Crippen LogP contribution in [0.5, 0.6) is 17.5 Å². The van der Waals surface area contributed by atoms with Gasteiger partial charge in [-0.2, -0.15) is 0 Å². The van der Waals surface area contributed by atoms with E-state index in [0.29, 0.717) is 22.6 Å². The molecule has 5 aliphatic rings. The summed E-state index contributed by atoms with van der Waals surface area (Å²) in [6, 6.07) is 58.7. The lowest BCUT2D eigenvalue weighted by molar-refractivity contribution is -0.143. The molecule has 118 heavy (non-hydrogen) atoms. The normalized spacial score (nSPS) is 22.3. The molecule has 7 aromatic carbocycles. The molecule has 9 aromatic rings. The Bertz CT molecular complexity index is 5280. The number of aliphatic hydroxyl groups excluding tert-OH is 1. The van der Waals surface area contributed by atoms with Gasteiger partial charge in [-0.05, 0) is 173 Å². The highest BCUT2D eigenvalue weighted by molar-refractivity contribution is 7.02. The Morgan fingerprint density at radius 2 is 1.03 bits per heavy atom. The number of azide groups is 1. The van der Waals surface area contributed by atoms with Gasteiger partial charge in [-0.3, -0.25) is 29.0 Å². The molecule has 0 bridgehead atoms. The highest BCUT2D eigenvalue weighted by Gasteiger charge is 2.74. The van der Waals surface area contributed by atoms with Crippen LogP contribution < -0.4 is 29.6 Å². The third-order valence-corrected chi connectivity index (χ3v) is 39.7. The van der Waals surface area contributed by atoms with Crippen molar-refractivity contribution in [2.24, 2.45) is 22.9 Å². The summed E-state index contributed by atoms with van der Waals surface area (Å²) in [7, 11) is -1.45. The number of carbonyl (C=O) groups is 5. The molecule has 2 heterocycles. The van der Waals surface area contributed by atoms with Crippen molar-refractivity contribution in [3.05, 3.63) is 283 Å². The predicted octanol–water partition coefficient (Wildman–Crippen LogP) is 18.6. The quantitative estimate of drug-likeness (QED) is 0.0136. The zero-order valence-electron chi connectivity index (χ0n) is 71.8. The molecule has 618 valence electrons. The standard InChI is InChI=1S/C52H63N3O6Si2.C26H33N5O5Si.C16H16O2/c1-32-23-22-30-37-33(2)39-40(45(56)38(32)37)47(57)52(61-62(11,12)50(3,4)5)42(43(39)54-63(51(6,7)8,35-26-18-14-19-27-35)36-28-20-15-21-29-36)44(55(9)10)46-41(48(52)58)49(53-60-46)59-31-34-24-16-13-17-25-34;1-25(2,3)37(6,7)36-26-18(32)14-13-17(28-30-27)20(26)21(31(4)5)22-19(23(26)33)24(29-35-22)34-15-16-11-9-8-10-12-16;1-3-13-9-7-8-12(2)15(13)16(17)18-14-10-5-4-6-11-14/h13-30,33,39,42-44,54,56H,31H2,1-12H3;8-14,17,20-21H,15H2,1-7H3;4-11H,3H2,1-2H3/t33-,39+,42-,43-,44-,52-;17-,20-,21-,26+;/m00./s1. The number of hydrogen-bond acceptors (Lipinski definition) is 19. The maximum absolute atomic E-state index is 16.6. The number of rotatable bonds is 20. The summed E-state index contributed by atoms with van der Waals surface area (Å²) in [6.45, 7) is 35.9. The average Bonchev–Trinajstić information content (AvgIpc) is 1.03. The molecule has 21 nitrogen and oxygen atoms in total. The van der Waals surface area contributed by atoms with Crippen molar-refractivity contribution in [1.82, 2.24) is 25.1 Å². The van der Waals surface area contributed by atoms with Crippen molar-refractivity contribution in [2.75, 3.05) is 28.2 Å². The molecule has 10 atom stereocenters. The van der Waals surface area contributed by atoms with Gasteiger partial charge in [0.15, 0.2) is 53.4 Å².